The molecule has 1 aliphatic carbocycles. The Morgan fingerprint density at radius 3 is 2.71 bits per heavy atom. The molecule has 124 valence electrons. The molecule has 2 aromatic rings. The Kier molecular flexibility index (Phi) is 3.23. The SMILES string of the molecule is Cc1ccc(NC(=O)C2CC2)c(-c2cccc3c2OC(F)(F)O3)c1. The number of halogens is 2. The average Bonchev–Trinajstić information content (AvgIpc) is 3.31. The van der Waals surface area contributed by atoms with Crippen molar-refractivity contribution in [1.29, 1.82) is 0 Å². The van der Waals surface area contributed by atoms with Crippen molar-refractivity contribution in [2.45, 2.75) is 26.1 Å². The summed E-state index contributed by atoms with van der Waals surface area (Å²) in [5.74, 6) is -0.0340. The number of fused-ring (bicyclic) bond motifs is 1. The topological polar surface area (TPSA) is 47.6 Å². The van der Waals surface area contributed by atoms with Crippen LogP contribution in [0.4, 0.5) is 14.5 Å². The second-order valence-electron chi connectivity index (χ2n) is 6.11. The zero-order valence-corrected chi connectivity index (χ0v) is 12.9. The summed E-state index contributed by atoms with van der Waals surface area (Å²) >= 11 is 0. The Bertz CT molecular complexity index is 831. The molecule has 0 aromatic heterocycles. The molecule has 4 nitrogen and oxygen atoms in total. The second-order valence-corrected chi connectivity index (χ2v) is 6.11. The lowest BCUT2D eigenvalue weighted by Crippen LogP contribution is -2.26. The van der Waals surface area contributed by atoms with Crippen LogP contribution in [0.15, 0.2) is 36.4 Å². The Hall–Kier alpha value is -2.63. The number of ether oxygens (including phenoxy) is 2. The minimum Gasteiger partial charge on any atom is -0.395 e. The molecule has 0 radical (unpaired) electrons. The molecule has 0 unspecified atom stereocenters. The van der Waals surface area contributed by atoms with Gasteiger partial charge in [0.1, 0.15) is 0 Å². The number of aryl methyl sites for hydroxylation is 1. The van der Waals surface area contributed by atoms with Crippen LogP contribution < -0.4 is 14.8 Å². The van der Waals surface area contributed by atoms with Crippen LogP contribution in [-0.4, -0.2) is 12.2 Å². The van der Waals surface area contributed by atoms with E-state index in [1.54, 1.807) is 18.2 Å². The first-order valence-electron chi connectivity index (χ1n) is 7.74. The summed E-state index contributed by atoms with van der Waals surface area (Å²) in [5, 5.41) is 2.89. The van der Waals surface area contributed by atoms with Crippen molar-refractivity contribution in [2.24, 2.45) is 5.92 Å². The number of anilines is 1. The summed E-state index contributed by atoms with van der Waals surface area (Å²) in [4.78, 5) is 12.1. The third-order valence-electron chi connectivity index (χ3n) is 4.10. The monoisotopic (exact) mass is 331 g/mol. The van der Waals surface area contributed by atoms with E-state index in [1.165, 1.54) is 6.07 Å². The second kappa shape index (κ2) is 5.19. The van der Waals surface area contributed by atoms with Crippen molar-refractivity contribution in [2.75, 3.05) is 5.32 Å². The number of hydrogen-bond acceptors (Lipinski definition) is 3. The van der Waals surface area contributed by atoms with Crippen LogP contribution in [0.5, 0.6) is 11.5 Å². The minimum absolute atomic E-state index is 0.0153. The van der Waals surface area contributed by atoms with Gasteiger partial charge in [0, 0.05) is 22.7 Å². The summed E-state index contributed by atoms with van der Waals surface area (Å²) < 4.78 is 36.0. The molecule has 24 heavy (non-hydrogen) atoms. The summed E-state index contributed by atoms with van der Waals surface area (Å²) in [6.07, 6.45) is -1.91. The van der Waals surface area contributed by atoms with Crippen molar-refractivity contribution in [3.8, 4) is 22.6 Å². The number of carbonyl (C=O) groups excluding carboxylic acids is 1. The van der Waals surface area contributed by atoms with Crippen LogP contribution in [0.2, 0.25) is 0 Å². The molecule has 1 N–H and O–H groups in total. The third kappa shape index (κ3) is 2.68. The van der Waals surface area contributed by atoms with E-state index in [1.807, 2.05) is 19.1 Å². The molecular formula is C18H15F2NO3. The lowest BCUT2D eigenvalue weighted by molar-refractivity contribution is -0.286. The lowest BCUT2D eigenvalue weighted by atomic mass is 9.99. The average molecular weight is 331 g/mol. The molecule has 4 rings (SSSR count). The van der Waals surface area contributed by atoms with Gasteiger partial charge < -0.3 is 14.8 Å². The predicted octanol–water partition coefficient (Wildman–Crippen LogP) is 4.33. The first-order valence-corrected chi connectivity index (χ1v) is 7.74. The van der Waals surface area contributed by atoms with Gasteiger partial charge in [-0.15, -0.1) is 8.78 Å². The van der Waals surface area contributed by atoms with Gasteiger partial charge in [-0.25, -0.2) is 0 Å². The fourth-order valence-electron chi connectivity index (χ4n) is 2.75. The maximum absolute atomic E-state index is 13.4. The van der Waals surface area contributed by atoms with Gasteiger partial charge in [0.15, 0.2) is 11.5 Å². The van der Waals surface area contributed by atoms with Crippen molar-refractivity contribution in [1.82, 2.24) is 0 Å². The first-order chi connectivity index (χ1) is 11.4. The normalized spacial score (nSPS) is 17.6. The van der Waals surface area contributed by atoms with E-state index >= 15 is 0 Å². The van der Waals surface area contributed by atoms with E-state index in [2.05, 4.69) is 14.8 Å². The summed E-state index contributed by atoms with van der Waals surface area (Å²) in [6, 6.07) is 10.2. The van der Waals surface area contributed by atoms with E-state index < -0.39 is 6.29 Å². The van der Waals surface area contributed by atoms with Gasteiger partial charge in [0.2, 0.25) is 5.91 Å². The molecule has 0 saturated heterocycles. The number of rotatable bonds is 3. The summed E-state index contributed by atoms with van der Waals surface area (Å²) in [5.41, 5.74) is 2.60. The highest BCUT2D eigenvalue weighted by atomic mass is 19.3. The predicted molar refractivity (Wildman–Crippen MR) is 84.2 cm³/mol. The van der Waals surface area contributed by atoms with Crippen LogP contribution in [0.1, 0.15) is 18.4 Å². The highest BCUT2D eigenvalue weighted by Crippen LogP contribution is 2.48. The molecule has 6 heteroatoms. The largest absolute Gasteiger partial charge is 0.586 e. The lowest BCUT2D eigenvalue weighted by Gasteiger charge is -2.14. The Labute approximate surface area is 137 Å². The summed E-state index contributed by atoms with van der Waals surface area (Å²) in [7, 11) is 0. The molecule has 1 amide bonds. The standard InChI is InChI=1S/C18H15F2NO3/c1-10-5-8-14(21-17(22)11-6-7-11)13(9-10)12-3-2-4-15-16(12)24-18(19,20)23-15/h2-5,8-9,11H,6-7H2,1H3,(H,21,22). The first kappa shape index (κ1) is 14.9. The Morgan fingerprint density at radius 2 is 1.96 bits per heavy atom. The fourth-order valence-corrected chi connectivity index (χ4v) is 2.75. The number of para-hydroxylation sites is 1. The van der Waals surface area contributed by atoms with Gasteiger partial charge in [0.25, 0.3) is 0 Å². The van der Waals surface area contributed by atoms with Gasteiger partial charge in [-0.1, -0.05) is 23.8 Å². The third-order valence-corrected chi connectivity index (χ3v) is 4.10. The van der Waals surface area contributed by atoms with Crippen LogP contribution in [0.3, 0.4) is 0 Å². The zero-order valence-electron chi connectivity index (χ0n) is 12.9. The molecule has 1 saturated carbocycles. The van der Waals surface area contributed by atoms with E-state index in [0.717, 1.165) is 18.4 Å². The zero-order chi connectivity index (χ0) is 16.9. The number of amides is 1. The van der Waals surface area contributed by atoms with E-state index in [9.17, 15) is 13.6 Å². The number of carbonyl (C=O) groups is 1. The molecule has 2 aliphatic rings. The van der Waals surface area contributed by atoms with Gasteiger partial charge in [0.05, 0.1) is 0 Å². The summed E-state index contributed by atoms with van der Waals surface area (Å²) in [6.45, 7) is 1.89. The van der Waals surface area contributed by atoms with E-state index in [4.69, 9.17) is 0 Å². The van der Waals surface area contributed by atoms with Crippen molar-refractivity contribution >= 4 is 11.6 Å². The number of benzene rings is 2. The van der Waals surface area contributed by atoms with Crippen LogP contribution in [0, 0.1) is 12.8 Å². The van der Waals surface area contributed by atoms with Gasteiger partial charge in [-0.2, -0.15) is 0 Å². The van der Waals surface area contributed by atoms with Crippen molar-refractivity contribution in [3.63, 3.8) is 0 Å². The van der Waals surface area contributed by atoms with Crippen LogP contribution in [0.25, 0.3) is 11.1 Å². The highest BCUT2D eigenvalue weighted by molar-refractivity contribution is 5.98. The molecule has 0 spiro atoms. The molecule has 0 bridgehead atoms. The number of hydrogen-bond donors (Lipinski definition) is 1. The molecule has 2 aromatic carbocycles. The number of nitrogens with one attached hydrogen (secondary N) is 1. The van der Waals surface area contributed by atoms with Gasteiger partial charge in [-0.05, 0) is 38.0 Å². The maximum atomic E-state index is 13.4. The number of alkyl halides is 2. The molecular weight excluding hydrogens is 316 g/mol. The van der Waals surface area contributed by atoms with E-state index in [0.29, 0.717) is 16.8 Å². The Balaban J connectivity index is 1.78. The smallest absolute Gasteiger partial charge is 0.395 e. The molecule has 1 aliphatic heterocycles. The molecule has 1 heterocycles. The van der Waals surface area contributed by atoms with Crippen LogP contribution in [-0.2, 0) is 4.79 Å². The van der Waals surface area contributed by atoms with E-state index in [-0.39, 0.29) is 23.3 Å². The highest BCUT2D eigenvalue weighted by Gasteiger charge is 2.44. The Morgan fingerprint density at radius 1 is 1.17 bits per heavy atom. The molecule has 0 atom stereocenters. The minimum atomic E-state index is -3.68. The fraction of sp³-hybridized carbons (Fsp3) is 0.278. The molecule has 1 fully saturated rings. The van der Waals surface area contributed by atoms with Crippen molar-refractivity contribution in [3.05, 3.63) is 42.0 Å². The van der Waals surface area contributed by atoms with Gasteiger partial charge in [-0.3, -0.25) is 4.79 Å². The quantitative estimate of drug-likeness (QED) is 0.910. The van der Waals surface area contributed by atoms with Gasteiger partial charge >= 0.3 is 6.29 Å². The van der Waals surface area contributed by atoms with Crippen molar-refractivity contribution < 1.29 is 23.0 Å². The van der Waals surface area contributed by atoms with Crippen LogP contribution >= 0.6 is 0 Å². The maximum Gasteiger partial charge on any atom is 0.586 e.